The van der Waals surface area contributed by atoms with Crippen LogP contribution in [0.1, 0.15) is 46.8 Å². The lowest BCUT2D eigenvalue weighted by Crippen LogP contribution is -2.41. The van der Waals surface area contributed by atoms with Crippen molar-refractivity contribution in [2.75, 3.05) is 76.4 Å². The second kappa shape index (κ2) is 16.2. The fourth-order valence-electron chi connectivity index (χ4n) is 6.06. The molecule has 2 saturated heterocycles. The molecule has 0 aliphatic carbocycles. The van der Waals surface area contributed by atoms with Crippen molar-refractivity contribution in [3.63, 3.8) is 0 Å². The largest absolute Gasteiger partial charge is 0.385 e. The maximum absolute atomic E-state index is 13.6. The van der Waals surface area contributed by atoms with E-state index in [1.807, 2.05) is 18.2 Å². The SMILES string of the molecule is COCCCNC(=O)Nc1ccc(N2CCOCC2)cc1C(=O)NCC1CCN(C(c2ccccc2)c2ccccc2)CC1. The van der Waals surface area contributed by atoms with Crippen LogP contribution in [0.3, 0.4) is 0 Å². The van der Waals surface area contributed by atoms with Crippen LogP contribution >= 0.6 is 0 Å². The molecular weight excluding hydrogens is 554 g/mol. The molecule has 234 valence electrons. The Balaban J connectivity index is 1.22. The standard InChI is InChI=1S/C35H45N5O4/c1-43-22-8-17-36-35(42)38-32-14-13-30(39-20-23-44-24-21-39)25-31(32)34(41)37-26-27-15-18-40(19-16-27)33(28-9-4-2-5-10-28)29-11-6-3-7-12-29/h2-7,9-14,25,27,33H,8,15-24,26H2,1H3,(H,37,41)(H2,36,38,42). The lowest BCUT2D eigenvalue weighted by molar-refractivity contribution is 0.0931. The summed E-state index contributed by atoms with van der Waals surface area (Å²) < 4.78 is 10.6. The zero-order chi connectivity index (χ0) is 30.6. The summed E-state index contributed by atoms with van der Waals surface area (Å²) >= 11 is 0. The normalized spacial score (nSPS) is 16.1. The summed E-state index contributed by atoms with van der Waals surface area (Å²) in [6, 6.07) is 26.9. The number of urea groups is 1. The van der Waals surface area contributed by atoms with Crippen molar-refractivity contribution in [3.05, 3.63) is 95.6 Å². The molecule has 0 radical (unpaired) electrons. The average Bonchev–Trinajstić information content (AvgIpc) is 3.08. The van der Waals surface area contributed by atoms with Crippen LogP contribution in [0.5, 0.6) is 0 Å². The van der Waals surface area contributed by atoms with E-state index in [9.17, 15) is 9.59 Å². The van der Waals surface area contributed by atoms with Crippen molar-refractivity contribution < 1.29 is 19.1 Å². The zero-order valence-electron chi connectivity index (χ0n) is 25.7. The lowest BCUT2D eigenvalue weighted by Gasteiger charge is -2.38. The van der Waals surface area contributed by atoms with Gasteiger partial charge in [0.05, 0.1) is 30.5 Å². The molecule has 0 saturated carbocycles. The van der Waals surface area contributed by atoms with Gasteiger partial charge in [-0.2, -0.15) is 0 Å². The molecule has 3 aromatic carbocycles. The first-order chi connectivity index (χ1) is 21.6. The first-order valence-corrected chi connectivity index (χ1v) is 15.7. The van der Waals surface area contributed by atoms with Gasteiger partial charge in [0, 0.05) is 45.6 Å². The fourth-order valence-corrected chi connectivity index (χ4v) is 6.06. The average molecular weight is 600 g/mol. The number of rotatable bonds is 12. The number of nitrogens with one attached hydrogen (secondary N) is 3. The van der Waals surface area contributed by atoms with Crippen LogP contribution in [0, 0.1) is 5.92 Å². The Bertz CT molecular complexity index is 1290. The minimum Gasteiger partial charge on any atom is -0.385 e. The molecule has 2 aliphatic rings. The summed E-state index contributed by atoms with van der Waals surface area (Å²) in [5, 5.41) is 8.91. The number of piperidine rings is 1. The summed E-state index contributed by atoms with van der Waals surface area (Å²) in [4.78, 5) is 31.0. The maximum Gasteiger partial charge on any atom is 0.319 e. The molecule has 2 aliphatic heterocycles. The number of benzene rings is 3. The number of likely N-dealkylation sites (tertiary alicyclic amines) is 1. The second-order valence-electron chi connectivity index (χ2n) is 11.5. The second-order valence-corrected chi connectivity index (χ2v) is 11.5. The van der Waals surface area contributed by atoms with Crippen molar-refractivity contribution in [1.82, 2.24) is 15.5 Å². The number of nitrogens with zero attached hydrogens (tertiary/aromatic N) is 2. The van der Waals surface area contributed by atoms with Crippen molar-refractivity contribution in [2.45, 2.75) is 25.3 Å². The van der Waals surface area contributed by atoms with Crippen molar-refractivity contribution in [2.24, 2.45) is 5.92 Å². The number of ether oxygens (including phenoxy) is 2. The van der Waals surface area contributed by atoms with Crippen molar-refractivity contribution in [3.8, 4) is 0 Å². The fraction of sp³-hybridized carbons (Fsp3) is 0.429. The van der Waals surface area contributed by atoms with Gasteiger partial charge in [-0.3, -0.25) is 9.69 Å². The van der Waals surface area contributed by atoms with Gasteiger partial charge in [0.25, 0.3) is 5.91 Å². The number of amides is 3. The quantitative estimate of drug-likeness (QED) is 0.256. The van der Waals surface area contributed by atoms with E-state index in [0.717, 1.165) is 44.7 Å². The highest BCUT2D eigenvalue weighted by Gasteiger charge is 2.28. The van der Waals surface area contributed by atoms with Gasteiger partial charge in [-0.1, -0.05) is 60.7 Å². The molecule has 9 nitrogen and oxygen atoms in total. The van der Waals surface area contributed by atoms with Gasteiger partial charge in [-0.05, 0) is 67.6 Å². The molecule has 9 heteroatoms. The van der Waals surface area contributed by atoms with E-state index < -0.39 is 0 Å². The molecule has 3 amide bonds. The third kappa shape index (κ3) is 8.59. The van der Waals surface area contributed by atoms with E-state index in [4.69, 9.17) is 9.47 Å². The Labute approximate surface area is 260 Å². The summed E-state index contributed by atoms with van der Waals surface area (Å²) in [6.45, 7) is 6.40. The van der Waals surface area contributed by atoms with E-state index in [1.54, 1.807) is 7.11 Å². The summed E-state index contributed by atoms with van der Waals surface area (Å²) in [5.74, 6) is 0.203. The van der Waals surface area contributed by atoms with Gasteiger partial charge in [-0.15, -0.1) is 0 Å². The van der Waals surface area contributed by atoms with Crippen LogP contribution < -0.4 is 20.9 Å². The van der Waals surface area contributed by atoms with Gasteiger partial charge in [-0.25, -0.2) is 4.79 Å². The van der Waals surface area contributed by atoms with E-state index in [0.29, 0.717) is 56.5 Å². The molecule has 0 bridgehead atoms. The molecule has 2 fully saturated rings. The van der Waals surface area contributed by atoms with Gasteiger partial charge < -0.3 is 30.3 Å². The van der Waals surface area contributed by atoms with Crippen molar-refractivity contribution in [1.29, 1.82) is 0 Å². The predicted octanol–water partition coefficient (Wildman–Crippen LogP) is 4.91. The number of methoxy groups -OCH3 is 1. The summed E-state index contributed by atoms with van der Waals surface area (Å²) in [7, 11) is 1.64. The Hall–Kier alpha value is -3.92. The number of morpholine rings is 1. The van der Waals surface area contributed by atoms with Crippen LogP contribution in [0.25, 0.3) is 0 Å². The molecule has 3 aromatic rings. The minimum atomic E-state index is -0.340. The van der Waals surface area contributed by atoms with Crippen LogP contribution in [0.2, 0.25) is 0 Å². The molecular formula is C35H45N5O4. The Kier molecular flexibility index (Phi) is 11.6. The van der Waals surface area contributed by atoms with Crippen molar-refractivity contribution >= 4 is 23.3 Å². The highest BCUT2D eigenvalue weighted by molar-refractivity contribution is 6.04. The number of hydrogen-bond donors (Lipinski definition) is 3. The number of hydrogen-bond acceptors (Lipinski definition) is 6. The number of carbonyl (C=O) groups is 2. The third-order valence-electron chi connectivity index (χ3n) is 8.48. The zero-order valence-corrected chi connectivity index (χ0v) is 25.7. The maximum atomic E-state index is 13.6. The lowest BCUT2D eigenvalue weighted by atomic mass is 9.91. The van der Waals surface area contributed by atoms with Gasteiger partial charge in [0.1, 0.15) is 0 Å². The van der Waals surface area contributed by atoms with E-state index in [1.165, 1.54) is 11.1 Å². The van der Waals surface area contributed by atoms with E-state index in [-0.39, 0.29) is 18.0 Å². The molecule has 2 heterocycles. The van der Waals surface area contributed by atoms with E-state index >= 15 is 0 Å². The smallest absolute Gasteiger partial charge is 0.319 e. The molecule has 3 N–H and O–H groups in total. The molecule has 0 spiro atoms. The summed E-state index contributed by atoms with van der Waals surface area (Å²) in [6.07, 6.45) is 2.71. The molecule has 44 heavy (non-hydrogen) atoms. The molecule has 0 aromatic heterocycles. The Morgan fingerprint density at radius 2 is 1.55 bits per heavy atom. The first-order valence-electron chi connectivity index (χ1n) is 15.7. The van der Waals surface area contributed by atoms with Crippen LogP contribution in [0.4, 0.5) is 16.2 Å². The molecule has 5 rings (SSSR count). The topological polar surface area (TPSA) is 95.2 Å². The Morgan fingerprint density at radius 3 is 2.18 bits per heavy atom. The third-order valence-corrected chi connectivity index (χ3v) is 8.48. The van der Waals surface area contributed by atoms with Crippen LogP contribution in [-0.4, -0.2) is 83.0 Å². The molecule has 0 atom stereocenters. The number of carbonyl (C=O) groups excluding carboxylic acids is 2. The van der Waals surface area contributed by atoms with Gasteiger partial charge in [0.2, 0.25) is 0 Å². The Morgan fingerprint density at radius 1 is 0.886 bits per heavy atom. The highest BCUT2D eigenvalue weighted by Crippen LogP contribution is 2.32. The van der Waals surface area contributed by atoms with Crippen LogP contribution in [-0.2, 0) is 9.47 Å². The predicted molar refractivity (Wildman–Crippen MR) is 174 cm³/mol. The molecule has 0 unspecified atom stereocenters. The summed E-state index contributed by atoms with van der Waals surface area (Å²) in [5.41, 5.74) is 4.51. The van der Waals surface area contributed by atoms with Gasteiger partial charge >= 0.3 is 6.03 Å². The monoisotopic (exact) mass is 599 g/mol. The first kappa shape index (κ1) is 31.5. The van der Waals surface area contributed by atoms with Crippen LogP contribution in [0.15, 0.2) is 78.9 Å². The number of anilines is 2. The van der Waals surface area contributed by atoms with E-state index in [2.05, 4.69) is 86.4 Å². The minimum absolute atomic E-state index is 0.177. The van der Waals surface area contributed by atoms with Gasteiger partial charge in [0.15, 0.2) is 0 Å². The highest BCUT2D eigenvalue weighted by atomic mass is 16.5.